The van der Waals surface area contributed by atoms with E-state index in [2.05, 4.69) is 10.1 Å². The Hall–Kier alpha value is -1.66. The summed E-state index contributed by atoms with van der Waals surface area (Å²) in [6.07, 6.45) is -0.983. The number of aliphatic hydroxyl groups excluding tert-OH is 2. The number of carbonyl (C=O) groups excluding carboxylic acids is 1. The number of anilines is 1. The molecule has 0 radical (unpaired) electrons. The fraction of sp³-hybridized carbons (Fsp3) is 0.364. The molecule has 0 spiro atoms. The highest BCUT2D eigenvalue weighted by Crippen LogP contribution is 2.18. The average molecular weight is 243 g/mol. The Kier molecular flexibility index (Phi) is 4.86. The molecule has 17 heavy (non-hydrogen) atoms. The molecule has 0 saturated carbocycles. The molecule has 0 aliphatic rings. The molecule has 0 saturated heterocycles. The normalized spacial score (nSPS) is 12.0. The van der Waals surface area contributed by atoms with Gasteiger partial charge in [0.05, 0.1) is 31.1 Å². The van der Waals surface area contributed by atoms with Gasteiger partial charge in [0, 0.05) is 6.54 Å². The summed E-state index contributed by atoms with van der Waals surface area (Å²) in [7, 11) is 1.22. The Labute approximate surface area is 97.8 Å². The lowest BCUT2D eigenvalue weighted by molar-refractivity contribution is 0.0601. The molecular weight excluding hydrogens is 229 g/mol. The molecule has 0 heterocycles. The van der Waals surface area contributed by atoms with E-state index in [0.29, 0.717) is 0 Å². The van der Waals surface area contributed by atoms with E-state index in [1.54, 1.807) is 0 Å². The lowest BCUT2D eigenvalue weighted by atomic mass is 10.1. The molecule has 1 aromatic carbocycles. The molecule has 1 aromatic rings. The number of hydrogen-bond donors (Lipinski definition) is 3. The van der Waals surface area contributed by atoms with Gasteiger partial charge in [0.25, 0.3) is 0 Å². The van der Waals surface area contributed by atoms with Crippen molar-refractivity contribution in [3.05, 3.63) is 29.6 Å². The Morgan fingerprint density at radius 2 is 2.29 bits per heavy atom. The van der Waals surface area contributed by atoms with Gasteiger partial charge in [0.1, 0.15) is 5.82 Å². The average Bonchev–Trinajstić information content (AvgIpc) is 2.35. The van der Waals surface area contributed by atoms with E-state index < -0.39 is 24.5 Å². The molecule has 0 bridgehead atoms. The minimum absolute atomic E-state index is 0.00392. The van der Waals surface area contributed by atoms with Gasteiger partial charge in [-0.05, 0) is 18.2 Å². The number of halogens is 1. The molecule has 0 aromatic heterocycles. The van der Waals surface area contributed by atoms with Gasteiger partial charge in [-0.25, -0.2) is 9.18 Å². The van der Waals surface area contributed by atoms with Crippen molar-refractivity contribution >= 4 is 11.7 Å². The first kappa shape index (κ1) is 13.4. The monoisotopic (exact) mass is 243 g/mol. The van der Waals surface area contributed by atoms with Crippen LogP contribution in [0.4, 0.5) is 10.1 Å². The highest BCUT2D eigenvalue weighted by Gasteiger charge is 2.13. The highest BCUT2D eigenvalue weighted by molar-refractivity contribution is 5.95. The Morgan fingerprint density at radius 3 is 2.88 bits per heavy atom. The summed E-state index contributed by atoms with van der Waals surface area (Å²) in [5.74, 6) is -1.12. The third-order valence-corrected chi connectivity index (χ3v) is 2.13. The fourth-order valence-corrected chi connectivity index (χ4v) is 1.24. The van der Waals surface area contributed by atoms with Gasteiger partial charge in [-0.3, -0.25) is 0 Å². The molecule has 0 amide bonds. The van der Waals surface area contributed by atoms with Crippen molar-refractivity contribution in [1.29, 1.82) is 0 Å². The van der Waals surface area contributed by atoms with Crippen LogP contribution in [-0.2, 0) is 4.74 Å². The molecular formula is C11H14FNO4. The summed E-state index contributed by atoms with van der Waals surface area (Å²) >= 11 is 0. The SMILES string of the molecule is COC(=O)c1ccc(F)cc1NCC(O)CO. The molecule has 1 unspecified atom stereocenters. The molecule has 6 heteroatoms. The van der Waals surface area contributed by atoms with Crippen LogP contribution >= 0.6 is 0 Å². The predicted octanol–water partition coefficient (Wildman–Crippen LogP) is 0.377. The Morgan fingerprint density at radius 1 is 1.59 bits per heavy atom. The van der Waals surface area contributed by atoms with Crippen molar-refractivity contribution in [1.82, 2.24) is 0 Å². The molecule has 0 aliphatic heterocycles. The summed E-state index contributed by atoms with van der Waals surface area (Å²) < 4.78 is 17.6. The maximum atomic E-state index is 13.0. The Bertz CT molecular complexity index is 397. The van der Waals surface area contributed by atoms with E-state index in [9.17, 15) is 9.18 Å². The number of benzene rings is 1. The summed E-state index contributed by atoms with van der Waals surface area (Å²) in [6, 6.07) is 3.55. The second-order valence-corrected chi connectivity index (χ2v) is 3.40. The minimum atomic E-state index is -0.983. The molecule has 1 atom stereocenters. The first-order valence-corrected chi connectivity index (χ1v) is 4.99. The van der Waals surface area contributed by atoms with Crippen LogP contribution in [0.3, 0.4) is 0 Å². The molecule has 94 valence electrons. The number of nitrogens with one attached hydrogen (secondary N) is 1. The van der Waals surface area contributed by atoms with Crippen LogP contribution in [0.25, 0.3) is 0 Å². The lowest BCUT2D eigenvalue weighted by Crippen LogP contribution is -2.24. The molecule has 0 fully saturated rings. The number of ether oxygens (including phenoxy) is 1. The largest absolute Gasteiger partial charge is 0.465 e. The quantitative estimate of drug-likeness (QED) is 0.651. The molecule has 3 N–H and O–H groups in total. The van der Waals surface area contributed by atoms with Crippen molar-refractivity contribution < 1.29 is 24.1 Å². The number of carbonyl (C=O) groups is 1. The van der Waals surface area contributed by atoms with Crippen molar-refractivity contribution in [3.63, 3.8) is 0 Å². The van der Waals surface area contributed by atoms with Crippen LogP contribution in [0.15, 0.2) is 18.2 Å². The van der Waals surface area contributed by atoms with Crippen LogP contribution in [0.2, 0.25) is 0 Å². The van der Waals surface area contributed by atoms with Crippen LogP contribution in [0, 0.1) is 5.82 Å². The van der Waals surface area contributed by atoms with Gasteiger partial charge in [-0.2, -0.15) is 0 Å². The van der Waals surface area contributed by atoms with Crippen LogP contribution in [0.1, 0.15) is 10.4 Å². The van der Waals surface area contributed by atoms with Crippen LogP contribution in [-0.4, -0.2) is 42.5 Å². The van der Waals surface area contributed by atoms with E-state index in [1.165, 1.54) is 13.2 Å². The topological polar surface area (TPSA) is 78.8 Å². The zero-order valence-electron chi connectivity index (χ0n) is 9.31. The summed E-state index contributed by atoms with van der Waals surface area (Å²) in [6.45, 7) is -0.417. The smallest absolute Gasteiger partial charge is 0.339 e. The van der Waals surface area contributed by atoms with Crippen molar-refractivity contribution in [2.45, 2.75) is 6.10 Å². The Balaban J connectivity index is 2.87. The van der Waals surface area contributed by atoms with E-state index in [4.69, 9.17) is 10.2 Å². The van der Waals surface area contributed by atoms with E-state index in [0.717, 1.165) is 12.1 Å². The first-order valence-electron chi connectivity index (χ1n) is 4.99. The minimum Gasteiger partial charge on any atom is -0.465 e. The molecule has 0 aliphatic carbocycles. The van der Waals surface area contributed by atoms with Gasteiger partial charge in [-0.15, -0.1) is 0 Å². The maximum absolute atomic E-state index is 13.0. The molecule has 5 nitrogen and oxygen atoms in total. The number of esters is 1. The number of methoxy groups -OCH3 is 1. The number of hydrogen-bond acceptors (Lipinski definition) is 5. The standard InChI is InChI=1S/C11H14FNO4/c1-17-11(16)9-3-2-7(12)4-10(9)13-5-8(15)6-14/h2-4,8,13-15H,5-6H2,1H3. The zero-order chi connectivity index (χ0) is 12.8. The summed E-state index contributed by atoms with van der Waals surface area (Å²) in [5, 5.41) is 20.5. The van der Waals surface area contributed by atoms with Gasteiger partial charge < -0.3 is 20.3 Å². The van der Waals surface area contributed by atoms with Gasteiger partial charge in [-0.1, -0.05) is 0 Å². The second kappa shape index (κ2) is 6.17. The molecule has 1 rings (SSSR count). The fourth-order valence-electron chi connectivity index (χ4n) is 1.24. The van der Waals surface area contributed by atoms with Gasteiger partial charge in [0.2, 0.25) is 0 Å². The maximum Gasteiger partial charge on any atom is 0.339 e. The van der Waals surface area contributed by atoms with Crippen molar-refractivity contribution in [3.8, 4) is 0 Å². The lowest BCUT2D eigenvalue weighted by Gasteiger charge is -2.13. The van der Waals surface area contributed by atoms with Crippen molar-refractivity contribution in [2.24, 2.45) is 0 Å². The zero-order valence-corrected chi connectivity index (χ0v) is 9.31. The summed E-state index contributed by atoms with van der Waals surface area (Å²) in [5.41, 5.74) is 0.378. The number of aliphatic hydroxyl groups is 2. The first-order chi connectivity index (χ1) is 8.08. The van der Waals surface area contributed by atoms with Crippen LogP contribution < -0.4 is 5.32 Å². The van der Waals surface area contributed by atoms with E-state index in [1.807, 2.05) is 0 Å². The predicted molar refractivity (Wildman–Crippen MR) is 59.3 cm³/mol. The van der Waals surface area contributed by atoms with Gasteiger partial charge >= 0.3 is 5.97 Å². The third kappa shape index (κ3) is 3.69. The van der Waals surface area contributed by atoms with E-state index in [-0.39, 0.29) is 17.8 Å². The van der Waals surface area contributed by atoms with Crippen LogP contribution in [0.5, 0.6) is 0 Å². The highest BCUT2D eigenvalue weighted by atomic mass is 19.1. The third-order valence-electron chi connectivity index (χ3n) is 2.13. The second-order valence-electron chi connectivity index (χ2n) is 3.40. The van der Waals surface area contributed by atoms with Gasteiger partial charge in [0.15, 0.2) is 0 Å². The number of rotatable bonds is 5. The summed E-state index contributed by atoms with van der Waals surface area (Å²) in [4.78, 5) is 11.4. The van der Waals surface area contributed by atoms with Crippen molar-refractivity contribution in [2.75, 3.05) is 25.6 Å². The van der Waals surface area contributed by atoms with E-state index >= 15 is 0 Å².